The summed E-state index contributed by atoms with van der Waals surface area (Å²) < 4.78 is 0. The van der Waals surface area contributed by atoms with Crippen LogP contribution in [0.5, 0.6) is 0 Å². The van der Waals surface area contributed by atoms with Crippen LogP contribution in [0.4, 0.5) is 0 Å². The van der Waals surface area contributed by atoms with E-state index in [4.69, 9.17) is 0 Å². The zero-order chi connectivity index (χ0) is 10.4. The van der Waals surface area contributed by atoms with Gasteiger partial charge in [-0.3, -0.25) is 0 Å². The summed E-state index contributed by atoms with van der Waals surface area (Å²) in [6.45, 7) is 7.46. The van der Waals surface area contributed by atoms with Crippen molar-refractivity contribution in [3.63, 3.8) is 0 Å². The largest absolute Gasteiger partial charge is 0.309 e. The van der Waals surface area contributed by atoms with Crippen LogP contribution in [0.15, 0.2) is 5.38 Å². The van der Waals surface area contributed by atoms with Crippen LogP contribution in [0.3, 0.4) is 0 Å². The highest BCUT2D eigenvalue weighted by atomic mass is 32.2. The monoisotopic (exact) mass is 230 g/mol. The van der Waals surface area contributed by atoms with Crippen LogP contribution in [0.1, 0.15) is 37.5 Å². The number of thioether (sulfide) groups is 1. The van der Waals surface area contributed by atoms with Gasteiger partial charge < -0.3 is 5.32 Å². The van der Waals surface area contributed by atoms with Gasteiger partial charge >= 0.3 is 0 Å². The summed E-state index contributed by atoms with van der Waals surface area (Å²) in [6, 6.07) is 0.386. The van der Waals surface area contributed by atoms with Crippen molar-refractivity contribution < 1.29 is 0 Å². The van der Waals surface area contributed by atoms with Crippen LogP contribution in [0, 0.1) is 0 Å². The fraction of sp³-hybridized carbons (Fsp3) is 0.700. The molecule has 2 nitrogen and oxygen atoms in total. The molecule has 0 fully saturated rings. The van der Waals surface area contributed by atoms with Crippen LogP contribution >= 0.6 is 23.1 Å². The van der Waals surface area contributed by atoms with Crippen LogP contribution in [0.25, 0.3) is 0 Å². The van der Waals surface area contributed by atoms with Crippen molar-refractivity contribution >= 4 is 23.1 Å². The van der Waals surface area contributed by atoms with Gasteiger partial charge in [-0.15, -0.1) is 11.3 Å². The third-order valence-corrected chi connectivity index (χ3v) is 3.89. The molecule has 0 aliphatic heterocycles. The van der Waals surface area contributed by atoms with E-state index < -0.39 is 0 Å². The maximum absolute atomic E-state index is 4.60. The van der Waals surface area contributed by atoms with E-state index in [0.29, 0.717) is 6.04 Å². The highest BCUT2D eigenvalue weighted by Crippen LogP contribution is 2.20. The van der Waals surface area contributed by atoms with Gasteiger partial charge in [0, 0.05) is 17.2 Å². The molecule has 1 atom stereocenters. The average molecular weight is 230 g/mol. The van der Waals surface area contributed by atoms with E-state index in [1.807, 2.05) is 11.8 Å². The molecule has 0 aromatic carbocycles. The molecule has 0 aliphatic carbocycles. The topological polar surface area (TPSA) is 24.9 Å². The molecule has 4 heteroatoms. The van der Waals surface area contributed by atoms with Crippen molar-refractivity contribution in [1.29, 1.82) is 0 Å². The smallest absolute Gasteiger partial charge is 0.103 e. The lowest BCUT2D eigenvalue weighted by atomic mass is 10.2. The first kappa shape index (κ1) is 12.0. The van der Waals surface area contributed by atoms with E-state index in [-0.39, 0.29) is 0 Å². The van der Waals surface area contributed by atoms with Gasteiger partial charge in [0.15, 0.2) is 0 Å². The normalized spacial score (nSPS) is 13.1. The number of nitrogens with zero attached hydrogens (tertiary/aromatic N) is 1. The fourth-order valence-corrected chi connectivity index (χ4v) is 2.83. The fourth-order valence-electron chi connectivity index (χ4n) is 1.19. The number of aromatic nitrogens is 1. The minimum atomic E-state index is 0.386. The van der Waals surface area contributed by atoms with Gasteiger partial charge in [-0.25, -0.2) is 4.98 Å². The van der Waals surface area contributed by atoms with Gasteiger partial charge in [0.2, 0.25) is 0 Å². The second-order valence-electron chi connectivity index (χ2n) is 3.08. The lowest BCUT2D eigenvalue weighted by Gasteiger charge is -2.08. The van der Waals surface area contributed by atoms with Gasteiger partial charge in [0.1, 0.15) is 5.01 Å². The van der Waals surface area contributed by atoms with Gasteiger partial charge in [-0.1, -0.05) is 13.8 Å². The quantitative estimate of drug-likeness (QED) is 0.813. The lowest BCUT2D eigenvalue weighted by molar-refractivity contribution is 0.585. The van der Waals surface area contributed by atoms with Gasteiger partial charge in [0.05, 0.1) is 5.69 Å². The Morgan fingerprint density at radius 3 is 3.00 bits per heavy atom. The maximum atomic E-state index is 4.60. The zero-order valence-electron chi connectivity index (χ0n) is 9.04. The van der Waals surface area contributed by atoms with E-state index in [1.165, 1.54) is 10.7 Å². The van der Waals surface area contributed by atoms with Gasteiger partial charge in [0.25, 0.3) is 0 Å². The third-order valence-electron chi connectivity index (χ3n) is 1.95. The molecule has 14 heavy (non-hydrogen) atoms. The molecule has 1 unspecified atom stereocenters. The summed E-state index contributed by atoms with van der Waals surface area (Å²) in [5.41, 5.74) is 1.18. The Hall–Kier alpha value is -0.0600. The molecule has 0 saturated heterocycles. The van der Waals surface area contributed by atoms with E-state index in [0.717, 1.165) is 18.1 Å². The molecule has 0 saturated carbocycles. The number of thiazole rings is 1. The van der Waals surface area contributed by atoms with Crippen molar-refractivity contribution in [3.8, 4) is 0 Å². The molecule has 0 spiro atoms. The molecule has 80 valence electrons. The van der Waals surface area contributed by atoms with Crippen LogP contribution in [-0.4, -0.2) is 17.3 Å². The standard InChI is InChI=1S/C10H18N2S2/c1-4-11-8(3)9-6-14-10(12-9)7-13-5-2/h6,8,11H,4-5,7H2,1-3H3. The van der Waals surface area contributed by atoms with Crippen LogP contribution in [0.2, 0.25) is 0 Å². The van der Waals surface area contributed by atoms with Gasteiger partial charge in [-0.2, -0.15) is 11.8 Å². The molecule has 1 aromatic heterocycles. The molecule has 1 aromatic rings. The van der Waals surface area contributed by atoms with E-state index in [2.05, 4.69) is 36.5 Å². The molecule has 1 heterocycles. The summed E-state index contributed by atoms with van der Waals surface area (Å²) in [7, 11) is 0. The van der Waals surface area contributed by atoms with Crippen molar-refractivity contribution in [2.45, 2.75) is 32.6 Å². The van der Waals surface area contributed by atoms with E-state index in [9.17, 15) is 0 Å². The van der Waals surface area contributed by atoms with E-state index in [1.54, 1.807) is 11.3 Å². The molecular formula is C10H18N2S2. The Bertz CT molecular complexity index is 260. The highest BCUT2D eigenvalue weighted by molar-refractivity contribution is 7.98. The Balaban J connectivity index is 2.49. The van der Waals surface area contributed by atoms with Crippen molar-refractivity contribution in [2.75, 3.05) is 12.3 Å². The number of hydrogen-bond acceptors (Lipinski definition) is 4. The molecule has 0 amide bonds. The number of nitrogens with one attached hydrogen (secondary N) is 1. The molecule has 0 bridgehead atoms. The minimum absolute atomic E-state index is 0.386. The maximum Gasteiger partial charge on any atom is 0.103 e. The minimum Gasteiger partial charge on any atom is -0.309 e. The average Bonchev–Trinajstić information content (AvgIpc) is 2.63. The first-order valence-electron chi connectivity index (χ1n) is 5.03. The summed E-state index contributed by atoms with van der Waals surface area (Å²) in [4.78, 5) is 4.60. The molecule has 0 radical (unpaired) electrons. The summed E-state index contributed by atoms with van der Waals surface area (Å²) >= 11 is 3.70. The van der Waals surface area contributed by atoms with Crippen LogP contribution < -0.4 is 5.32 Å². The predicted octanol–water partition coefficient (Wildman–Crippen LogP) is 3.07. The third kappa shape index (κ3) is 3.59. The zero-order valence-corrected chi connectivity index (χ0v) is 10.7. The first-order valence-corrected chi connectivity index (χ1v) is 7.06. The van der Waals surface area contributed by atoms with Crippen molar-refractivity contribution in [2.24, 2.45) is 0 Å². The molecular weight excluding hydrogens is 212 g/mol. The predicted molar refractivity (Wildman–Crippen MR) is 66.0 cm³/mol. The van der Waals surface area contributed by atoms with Crippen molar-refractivity contribution in [1.82, 2.24) is 10.3 Å². The molecule has 1 N–H and O–H groups in total. The Labute approximate surface area is 94.5 Å². The first-order chi connectivity index (χ1) is 6.77. The summed E-state index contributed by atoms with van der Waals surface area (Å²) in [5, 5.41) is 6.78. The molecule has 1 rings (SSSR count). The Morgan fingerprint density at radius 1 is 1.57 bits per heavy atom. The Kier molecular flexibility index (Phi) is 5.52. The second-order valence-corrected chi connectivity index (χ2v) is 5.30. The summed E-state index contributed by atoms with van der Waals surface area (Å²) in [5.74, 6) is 2.22. The summed E-state index contributed by atoms with van der Waals surface area (Å²) in [6.07, 6.45) is 0. The van der Waals surface area contributed by atoms with Crippen LogP contribution in [-0.2, 0) is 5.75 Å². The second kappa shape index (κ2) is 6.43. The Morgan fingerprint density at radius 2 is 2.36 bits per heavy atom. The van der Waals surface area contributed by atoms with E-state index >= 15 is 0 Å². The van der Waals surface area contributed by atoms with Gasteiger partial charge in [-0.05, 0) is 19.2 Å². The molecule has 0 aliphatic rings. The highest BCUT2D eigenvalue weighted by Gasteiger charge is 2.08. The SMILES string of the molecule is CCNC(C)c1csc(CSCC)n1. The lowest BCUT2D eigenvalue weighted by Crippen LogP contribution is -2.17. The number of hydrogen-bond donors (Lipinski definition) is 1. The number of rotatable bonds is 6. The van der Waals surface area contributed by atoms with Crippen molar-refractivity contribution in [3.05, 3.63) is 16.1 Å².